The zero-order valence-electron chi connectivity index (χ0n) is 12.4. The van der Waals surface area contributed by atoms with Crippen molar-refractivity contribution in [2.75, 3.05) is 7.11 Å². The monoisotopic (exact) mass is 267 g/mol. The van der Waals surface area contributed by atoms with Crippen molar-refractivity contribution in [3.63, 3.8) is 0 Å². The molecule has 0 aromatic rings. The van der Waals surface area contributed by atoms with Crippen LogP contribution in [0.5, 0.6) is 0 Å². The number of piperidine rings is 1. The van der Waals surface area contributed by atoms with Gasteiger partial charge in [0.15, 0.2) is 0 Å². The topological polar surface area (TPSA) is 55.4 Å². The van der Waals surface area contributed by atoms with Crippen LogP contribution in [-0.4, -0.2) is 30.9 Å². The highest BCUT2D eigenvalue weighted by Crippen LogP contribution is 2.42. The molecule has 1 aliphatic heterocycles. The molecule has 4 unspecified atom stereocenters. The van der Waals surface area contributed by atoms with E-state index >= 15 is 0 Å². The number of hydrogen-bond donors (Lipinski definition) is 1. The van der Waals surface area contributed by atoms with Gasteiger partial charge in [-0.2, -0.15) is 0 Å². The predicted molar refractivity (Wildman–Crippen MR) is 72.6 cm³/mol. The Kier molecular flexibility index (Phi) is 4.00. The summed E-state index contributed by atoms with van der Waals surface area (Å²) in [5.41, 5.74) is 0.254. The minimum atomic E-state index is -0.440. The van der Waals surface area contributed by atoms with Crippen LogP contribution in [0.3, 0.4) is 0 Å². The van der Waals surface area contributed by atoms with E-state index in [0.717, 1.165) is 19.3 Å². The fraction of sp³-hybridized carbons (Fsp3) is 0.867. The average Bonchev–Trinajstić information content (AvgIpc) is 2.36. The molecule has 19 heavy (non-hydrogen) atoms. The van der Waals surface area contributed by atoms with Crippen molar-refractivity contribution in [3.8, 4) is 0 Å². The quantitative estimate of drug-likeness (QED) is 0.737. The smallest absolute Gasteiger partial charge is 0.323 e. The Labute approximate surface area is 115 Å². The normalized spacial score (nSPS) is 35.7. The second-order valence-electron chi connectivity index (χ2n) is 7.00. The molecule has 2 aliphatic rings. The third kappa shape index (κ3) is 2.99. The highest BCUT2D eigenvalue weighted by Gasteiger charge is 2.44. The molecule has 4 heteroatoms. The minimum absolute atomic E-state index is 0.0823. The van der Waals surface area contributed by atoms with Gasteiger partial charge in [-0.25, -0.2) is 0 Å². The summed E-state index contributed by atoms with van der Waals surface area (Å²) >= 11 is 0. The maximum absolute atomic E-state index is 12.3. The summed E-state index contributed by atoms with van der Waals surface area (Å²) in [6.45, 7) is 6.74. The van der Waals surface area contributed by atoms with Crippen LogP contribution in [0, 0.1) is 17.3 Å². The molecule has 1 aliphatic carbocycles. The number of ketones is 1. The molecule has 1 N–H and O–H groups in total. The number of fused-ring (bicyclic) bond motifs is 1. The second-order valence-corrected chi connectivity index (χ2v) is 7.00. The van der Waals surface area contributed by atoms with Crippen LogP contribution in [0.1, 0.15) is 46.5 Å². The number of hydrogen-bond acceptors (Lipinski definition) is 4. The Balaban J connectivity index is 2.05. The Morgan fingerprint density at radius 1 is 1.32 bits per heavy atom. The van der Waals surface area contributed by atoms with Gasteiger partial charge in [-0.15, -0.1) is 0 Å². The molecule has 0 aromatic heterocycles. The maximum atomic E-state index is 12.3. The van der Waals surface area contributed by atoms with Gasteiger partial charge in [-0.3, -0.25) is 9.59 Å². The zero-order chi connectivity index (χ0) is 14.2. The van der Waals surface area contributed by atoms with Crippen molar-refractivity contribution in [1.29, 1.82) is 0 Å². The van der Waals surface area contributed by atoms with Gasteiger partial charge in [0.25, 0.3) is 0 Å². The lowest BCUT2D eigenvalue weighted by atomic mass is 9.65. The van der Waals surface area contributed by atoms with Crippen molar-refractivity contribution in [1.82, 2.24) is 5.32 Å². The Morgan fingerprint density at radius 3 is 2.58 bits per heavy atom. The summed E-state index contributed by atoms with van der Waals surface area (Å²) in [7, 11) is 1.37. The lowest BCUT2D eigenvalue weighted by Crippen LogP contribution is -2.57. The van der Waals surface area contributed by atoms with Crippen molar-refractivity contribution in [3.05, 3.63) is 0 Å². The van der Waals surface area contributed by atoms with E-state index in [1.54, 1.807) is 0 Å². The number of rotatable bonds is 1. The van der Waals surface area contributed by atoms with Crippen molar-refractivity contribution >= 4 is 11.8 Å². The first-order chi connectivity index (χ1) is 8.82. The van der Waals surface area contributed by atoms with Gasteiger partial charge in [-0.05, 0) is 30.6 Å². The van der Waals surface area contributed by atoms with E-state index in [1.807, 2.05) is 0 Å². The molecule has 1 saturated heterocycles. The van der Waals surface area contributed by atoms with E-state index in [1.165, 1.54) is 7.11 Å². The van der Waals surface area contributed by atoms with E-state index in [2.05, 4.69) is 26.1 Å². The van der Waals surface area contributed by atoms with E-state index in [4.69, 9.17) is 4.74 Å². The molecule has 2 rings (SSSR count). The first-order valence-corrected chi connectivity index (χ1v) is 7.19. The van der Waals surface area contributed by atoms with Gasteiger partial charge in [0.1, 0.15) is 11.8 Å². The molecular formula is C15H25NO3. The standard InChI is InChI=1S/C15H25NO3/c1-15(2,3)9-5-6-11-10(7-9)13(17)8-12(16-11)14(18)19-4/h9-12,16H,5-8H2,1-4H3. The average molecular weight is 267 g/mol. The number of esters is 1. The molecule has 4 nitrogen and oxygen atoms in total. The Morgan fingerprint density at radius 2 is 2.00 bits per heavy atom. The molecule has 0 bridgehead atoms. The van der Waals surface area contributed by atoms with Gasteiger partial charge in [0, 0.05) is 18.4 Å². The number of methoxy groups -OCH3 is 1. The maximum Gasteiger partial charge on any atom is 0.323 e. The van der Waals surface area contributed by atoms with Crippen molar-refractivity contribution < 1.29 is 14.3 Å². The molecule has 2 fully saturated rings. The van der Waals surface area contributed by atoms with E-state index in [-0.39, 0.29) is 35.5 Å². The number of carbonyl (C=O) groups excluding carboxylic acids is 2. The Hall–Kier alpha value is -0.900. The third-order valence-electron chi connectivity index (χ3n) is 4.79. The SMILES string of the molecule is COC(=O)C1CC(=O)C2CC(C(C)(C)C)CCC2N1. The molecular weight excluding hydrogens is 242 g/mol. The van der Waals surface area contributed by atoms with Crippen molar-refractivity contribution in [2.24, 2.45) is 17.3 Å². The van der Waals surface area contributed by atoms with Crippen LogP contribution in [0.15, 0.2) is 0 Å². The number of Topliss-reactive ketones (excluding diaryl/α,β-unsaturated/α-hetero) is 1. The molecule has 108 valence electrons. The molecule has 0 aromatic carbocycles. The summed E-state index contributed by atoms with van der Waals surface area (Å²) < 4.78 is 4.74. The van der Waals surface area contributed by atoms with Crippen LogP contribution in [0.2, 0.25) is 0 Å². The van der Waals surface area contributed by atoms with Crippen molar-refractivity contribution in [2.45, 2.75) is 58.5 Å². The van der Waals surface area contributed by atoms with E-state index in [0.29, 0.717) is 5.92 Å². The summed E-state index contributed by atoms with van der Waals surface area (Å²) in [6, 6.07) is -0.283. The Bertz CT molecular complexity index is 372. The van der Waals surface area contributed by atoms with Gasteiger partial charge in [-0.1, -0.05) is 20.8 Å². The fourth-order valence-corrected chi connectivity index (χ4v) is 3.48. The summed E-state index contributed by atoms with van der Waals surface area (Å²) in [4.78, 5) is 23.9. The molecule has 1 saturated carbocycles. The molecule has 0 amide bonds. The fourth-order valence-electron chi connectivity index (χ4n) is 3.48. The van der Waals surface area contributed by atoms with Gasteiger partial charge >= 0.3 is 5.97 Å². The molecule has 0 radical (unpaired) electrons. The van der Waals surface area contributed by atoms with Crippen LogP contribution in [-0.2, 0) is 14.3 Å². The lowest BCUT2D eigenvalue weighted by molar-refractivity contribution is -0.148. The van der Waals surface area contributed by atoms with Crippen LogP contribution in [0.25, 0.3) is 0 Å². The molecule has 4 atom stereocenters. The van der Waals surface area contributed by atoms with Gasteiger partial charge in [0.05, 0.1) is 7.11 Å². The van der Waals surface area contributed by atoms with Crippen LogP contribution < -0.4 is 5.32 Å². The van der Waals surface area contributed by atoms with E-state index < -0.39 is 6.04 Å². The number of carbonyl (C=O) groups is 2. The largest absolute Gasteiger partial charge is 0.468 e. The van der Waals surface area contributed by atoms with Gasteiger partial charge < -0.3 is 10.1 Å². The zero-order valence-corrected chi connectivity index (χ0v) is 12.4. The lowest BCUT2D eigenvalue weighted by Gasteiger charge is -2.44. The third-order valence-corrected chi connectivity index (χ3v) is 4.79. The van der Waals surface area contributed by atoms with Crippen LogP contribution in [0.4, 0.5) is 0 Å². The number of nitrogens with one attached hydrogen (secondary N) is 1. The first kappa shape index (κ1) is 14.5. The minimum Gasteiger partial charge on any atom is -0.468 e. The van der Waals surface area contributed by atoms with Gasteiger partial charge in [0.2, 0.25) is 0 Å². The summed E-state index contributed by atoms with van der Waals surface area (Å²) in [6.07, 6.45) is 3.34. The first-order valence-electron chi connectivity index (χ1n) is 7.19. The van der Waals surface area contributed by atoms with E-state index in [9.17, 15) is 9.59 Å². The number of ether oxygens (including phenoxy) is 1. The summed E-state index contributed by atoms with van der Waals surface area (Å²) in [5, 5.41) is 3.31. The second kappa shape index (κ2) is 5.23. The highest BCUT2D eigenvalue weighted by molar-refractivity contribution is 5.89. The predicted octanol–water partition coefficient (Wildman–Crippen LogP) is 1.92. The highest BCUT2D eigenvalue weighted by atomic mass is 16.5. The summed E-state index contributed by atoms with van der Waals surface area (Å²) in [5.74, 6) is 0.589. The van der Waals surface area contributed by atoms with Crippen LogP contribution >= 0.6 is 0 Å². The molecule has 0 spiro atoms. The molecule has 1 heterocycles.